The molecular formula is C16H16N2O3S2. The van der Waals surface area contributed by atoms with Gasteiger partial charge in [-0.3, -0.25) is 4.72 Å². The van der Waals surface area contributed by atoms with Crippen molar-refractivity contribution in [1.29, 1.82) is 0 Å². The van der Waals surface area contributed by atoms with Crippen molar-refractivity contribution in [3.63, 3.8) is 0 Å². The standard InChI is InChI=1S/C16H16N2O3S2/c1-17-11-12-6-7-13(15-4-2-8-21-15)14(10-12)18-23(19,20)16-5-3-9-22-16/h2-10,17-18H,11H2,1H3. The zero-order chi connectivity index (χ0) is 16.3. The third kappa shape index (κ3) is 3.47. The van der Waals surface area contributed by atoms with E-state index in [0.717, 1.165) is 5.56 Å². The highest BCUT2D eigenvalue weighted by Crippen LogP contribution is 2.31. The van der Waals surface area contributed by atoms with E-state index in [0.29, 0.717) is 23.6 Å². The molecule has 0 bridgehead atoms. The average Bonchev–Trinajstić information content (AvgIpc) is 3.21. The van der Waals surface area contributed by atoms with Crippen molar-refractivity contribution in [2.45, 2.75) is 10.8 Å². The van der Waals surface area contributed by atoms with E-state index in [9.17, 15) is 8.42 Å². The van der Waals surface area contributed by atoms with Crippen LogP contribution in [0.2, 0.25) is 0 Å². The first-order chi connectivity index (χ1) is 11.1. The number of hydrogen-bond acceptors (Lipinski definition) is 5. The fraction of sp³-hybridized carbons (Fsp3) is 0.125. The van der Waals surface area contributed by atoms with Crippen LogP contribution in [0.25, 0.3) is 11.3 Å². The smallest absolute Gasteiger partial charge is 0.271 e. The topological polar surface area (TPSA) is 71.3 Å². The predicted molar refractivity (Wildman–Crippen MR) is 92.0 cm³/mol. The summed E-state index contributed by atoms with van der Waals surface area (Å²) in [7, 11) is -1.77. The summed E-state index contributed by atoms with van der Waals surface area (Å²) in [5, 5.41) is 4.79. The van der Waals surface area contributed by atoms with Gasteiger partial charge in [-0.15, -0.1) is 11.3 Å². The van der Waals surface area contributed by atoms with Crippen molar-refractivity contribution in [3.8, 4) is 11.3 Å². The Morgan fingerprint density at radius 3 is 2.70 bits per heavy atom. The van der Waals surface area contributed by atoms with Crippen LogP contribution < -0.4 is 10.0 Å². The van der Waals surface area contributed by atoms with Crippen LogP contribution >= 0.6 is 11.3 Å². The van der Waals surface area contributed by atoms with Gasteiger partial charge >= 0.3 is 0 Å². The molecule has 0 atom stereocenters. The fourth-order valence-electron chi connectivity index (χ4n) is 2.25. The van der Waals surface area contributed by atoms with Gasteiger partial charge in [0.2, 0.25) is 0 Å². The monoisotopic (exact) mass is 348 g/mol. The largest absolute Gasteiger partial charge is 0.464 e. The number of furan rings is 1. The molecule has 7 heteroatoms. The van der Waals surface area contributed by atoms with Gasteiger partial charge in [-0.05, 0) is 48.3 Å². The summed E-state index contributed by atoms with van der Waals surface area (Å²) in [6.45, 7) is 0.645. The molecule has 3 aromatic rings. The minimum Gasteiger partial charge on any atom is -0.464 e. The van der Waals surface area contributed by atoms with Crippen LogP contribution in [0, 0.1) is 0 Å². The summed E-state index contributed by atoms with van der Waals surface area (Å²) in [5.41, 5.74) is 2.18. The number of hydrogen-bond donors (Lipinski definition) is 2. The molecule has 2 heterocycles. The lowest BCUT2D eigenvalue weighted by molar-refractivity contribution is 0.582. The fourth-order valence-corrected chi connectivity index (χ4v) is 4.31. The summed E-state index contributed by atoms with van der Waals surface area (Å²) in [6, 6.07) is 12.5. The van der Waals surface area contributed by atoms with Gasteiger partial charge in [-0.2, -0.15) is 0 Å². The van der Waals surface area contributed by atoms with E-state index in [1.807, 2.05) is 25.2 Å². The van der Waals surface area contributed by atoms with Crippen LogP contribution in [-0.2, 0) is 16.6 Å². The third-order valence-electron chi connectivity index (χ3n) is 3.26. The Balaban J connectivity index is 2.03. The van der Waals surface area contributed by atoms with Crippen molar-refractivity contribution < 1.29 is 12.8 Å². The van der Waals surface area contributed by atoms with E-state index in [2.05, 4.69) is 10.0 Å². The number of benzene rings is 1. The van der Waals surface area contributed by atoms with Crippen molar-refractivity contribution in [2.24, 2.45) is 0 Å². The highest BCUT2D eigenvalue weighted by Gasteiger charge is 2.18. The first kappa shape index (κ1) is 15.8. The van der Waals surface area contributed by atoms with Crippen LogP contribution in [0.4, 0.5) is 5.69 Å². The maximum Gasteiger partial charge on any atom is 0.271 e. The second-order valence-electron chi connectivity index (χ2n) is 4.93. The van der Waals surface area contributed by atoms with E-state index >= 15 is 0 Å². The van der Waals surface area contributed by atoms with E-state index in [-0.39, 0.29) is 4.21 Å². The number of thiophene rings is 1. The summed E-state index contributed by atoms with van der Waals surface area (Å²) in [4.78, 5) is 0. The SMILES string of the molecule is CNCc1ccc(-c2ccco2)c(NS(=O)(=O)c2cccs2)c1. The maximum atomic E-state index is 12.5. The van der Waals surface area contributed by atoms with E-state index in [4.69, 9.17) is 4.42 Å². The van der Waals surface area contributed by atoms with Crippen molar-refractivity contribution >= 4 is 27.0 Å². The molecule has 2 N–H and O–H groups in total. The van der Waals surface area contributed by atoms with Crippen LogP contribution in [-0.4, -0.2) is 15.5 Å². The Kier molecular flexibility index (Phi) is 4.51. The zero-order valence-electron chi connectivity index (χ0n) is 12.4. The Morgan fingerprint density at radius 2 is 2.04 bits per heavy atom. The number of rotatable bonds is 6. The second-order valence-corrected chi connectivity index (χ2v) is 7.78. The Hall–Kier alpha value is -2.09. The molecule has 0 unspecified atom stereocenters. The minimum atomic E-state index is -3.61. The van der Waals surface area contributed by atoms with Crippen LogP contribution in [0.15, 0.2) is 62.7 Å². The lowest BCUT2D eigenvalue weighted by atomic mass is 10.1. The quantitative estimate of drug-likeness (QED) is 0.715. The van der Waals surface area contributed by atoms with Gasteiger partial charge in [0, 0.05) is 12.1 Å². The molecule has 5 nitrogen and oxygen atoms in total. The molecule has 1 aromatic carbocycles. The molecule has 23 heavy (non-hydrogen) atoms. The van der Waals surface area contributed by atoms with Gasteiger partial charge in [0.25, 0.3) is 10.0 Å². The minimum absolute atomic E-state index is 0.280. The van der Waals surface area contributed by atoms with E-state index < -0.39 is 10.0 Å². The first-order valence-electron chi connectivity index (χ1n) is 6.98. The highest BCUT2D eigenvalue weighted by molar-refractivity contribution is 7.94. The van der Waals surface area contributed by atoms with Crippen molar-refractivity contribution in [2.75, 3.05) is 11.8 Å². The van der Waals surface area contributed by atoms with E-state index in [1.165, 1.54) is 11.3 Å². The highest BCUT2D eigenvalue weighted by atomic mass is 32.2. The van der Waals surface area contributed by atoms with Gasteiger partial charge in [-0.1, -0.05) is 12.1 Å². The molecule has 3 rings (SSSR count). The number of anilines is 1. The first-order valence-corrected chi connectivity index (χ1v) is 9.34. The van der Waals surface area contributed by atoms with Crippen LogP contribution in [0.3, 0.4) is 0 Å². The Bertz CT molecular complexity index is 870. The lowest BCUT2D eigenvalue weighted by Gasteiger charge is -2.12. The maximum absolute atomic E-state index is 12.5. The van der Waals surface area contributed by atoms with Gasteiger partial charge in [-0.25, -0.2) is 8.42 Å². The van der Waals surface area contributed by atoms with Crippen molar-refractivity contribution in [1.82, 2.24) is 5.32 Å². The normalized spacial score (nSPS) is 11.5. The van der Waals surface area contributed by atoms with Gasteiger partial charge < -0.3 is 9.73 Å². The molecule has 0 radical (unpaired) electrons. The zero-order valence-corrected chi connectivity index (χ0v) is 14.1. The summed E-state index contributed by atoms with van der Waals surface area (Å²) in [5.74, 6) is 0.616. The molecule has 0 spiro atoms. The second kappa shape index (κ2) is 6.57. The van der Waals surface area contributed by atoms with Gasteiger partial charge in [0.1, 0.15) is 9.97 Å². The number of sulfonamides is 1. The third-order valence-corrected chi connectivity index (χ3v) is 6.02. The van der Waals surface area contributed by atoms with Gasteiger partial charge in [0.15, 0.2) is 0 Å². The number of nitrogens with one attached hydrogen (secondary N) is 2. The molecule has 0 saturated carbocycles. The molecule has 0 saturated heterocycles. The summed E-state index contributed by atoms with van der Waals surface area (Å²) < 4.78 is 33.4. The lowest BCUT2D eigenvalue weighted by Crippen LogP contribution is -2.13. The Morgan fingerprint density at radius 1 is 1.17 bits per heavy atom. The van der Waals surface area contributed by atoms with Crippen LogP contribution in [0.5, 0.6) is 0 Å². The van der Waals surface area contributed by atoms with E-state index in [1.54, 1.807) is 35.9 Å². The molecule has 0 amide bonds. The molecule has 120 valence electrons. The predicted octanol–water partition coefficient (Wildman–Crippen LogP) is 3.53. The Labute approximate surface area is 139 Å². The van der Waals surface area contributed by atoms with Gasteiger partial charge in [0.05, 0.1) is 12.0 Å². The molecular weight excluding hydrogens is 332 g/mol. The summed E-state index contributed by atoms with van der Waals surface area (Å²) in [6.07, 6.45) is 1.56. The average molecular weight is 348 g/mol. The van der Waals surface area contributed by atoms with Crippen LogP contribution in [0.1, 0.15) is 5.56 Å². The molecule has 0 fully saturated rings. The molecule has 0 aliphatic rings. The molecule has 2 aromatic heterocycles. The van der Waals surface area contributed by atoms with Crippen molar-refractivity contribution in [3.05, 3.63) is 59.7 Å². The molecule has 0 aliphatic heterocycles. The molecule has 0 aliphatic carbocycles. The summed E-state index contributed by atoms with van der Waals surface area (Å²) >= 11 is 1.18.